The molecule has 164 valence electrons. The van der Waals surface area contributed by atoms with Crippen molar-refractivity contribution in [3.8, 4) is 0 Å². The van der Waals surface area contributed by atoms with Gasteiger partial charge in [0, 0.05) is 24.8 Å². The Kier molecular flexibility index (Phi) is 5.24. The van der Waals surface area contributed by atoms with Crippen molar-refractivity contribution in [2.24, 2.45) is 0 Å². The molecule has 2 unspecified atom stereocenters. The number of rotatable bonds is 4. The Morgan fingerprint density at radius 2 is 1.75 bits per heavy atom. The zero-order valence-corrected chi connectivity index (χ0v) is 18.9. The molecule has 0 spiro atoms. The molecule has 3 aliphatic rings. The minimum atomic E-state index is 0.271. The molecule has 3 aliphatic heterocycles. The van der Waals surface area contributed by atoms with Gasteiger partial charge in [0.1, 0.15) is 0 Å². The summed E-state index contributed by atoms with van der Waals surface area (Å²) in [6, 6.07) is 21.2. The van der Waals surface area contributed by atoms with Crippen LogP contribution in [0.5, 0.6) is 0 Å². The van der Waals surface area contributed by atoms with Gasteiger partial charge in [0.05, 0.1) is 12.7 Å². The van der Waals surface area contributed by atoms with Crippen molar-refractivity contribution in [1.82, 2.24) is 5.32 Å². The summed E-state index contributed by atoms with van der Waals surface area (Å²) in [6.45, 7) is 5.02. The number of hydrogen-bond donors (Lipinski definition) is 2. The largest absolute Gasteiger partial charge is 0.384 e. The predicted octanol–water partition coefficient (Wildman–Crippen LogP) is 4.90. The van der Waals surface area contributed by atoms with E-state index in [9.17, 15) is 0 Å². The number of nitrogens with one attached hydrogen (secondary N) is 2. The average Bonchev–Trinajstić information content (AvgIpc) is 3.27. The first-order valence-electron chi connectivity index (χ1n) is 12.1. The van der Waals surface area contributed by atoms with Crippen molar-refractivity contribution in [1.29, 1.82) is 0 Å². The van der Waals surface area contributed by atoms with Crippen LogP contribution in [0.1, 0.15) is 44.5 Å². The number of hydrogen-bond acceptors (Lipinski definition) is 3. The molecule has 32 heavy (non-hydrogen) atoms. The van der Waals surface area contributed by atoms with Gasteiger partial charge in [0.25, 0.3) is 0 Å². The second-order valence-electron chi connectivity index (χ2n) is 9.81. The molecule has 0 saturated heterocycles. The van der Waals surface area contributed by atoms with Gasteiger partial charge in [-0.15, -0.1) is 0 Å². The zero-order valence-electron chi connectivity index (χ0n) is 18.9. The fourth-order valence-electron chi connectivity index (χ4n) is 5.75. The summed E-state index contributed by atoms with van der Waals surface area (Å²) in [7, 11) is 0. The molecule has 3 aromatic rings. The number of anilines is 1. The molecule has 3 nitrogen and oxygen atoms in total. The molecule has 3 aromatic carbocycles. The molecule has 6 rings (SSSR count). The Morgan fingerprint density at radius 1 is 0.875 bits per heavy atom. The summed E-state index contributed by atoms with van der Waals surface area (Å²) in [5.74, 6) is 0. The van der Waals surface area contributed by atoms with Gasteiger partial charge >= 0.3 is 0 Å². The minimum Gasteiger partial charge on any atom is -0.384 e. The van der Waals surface area contributed by atoms with Crippen LogP contribution in [0, 0.1) is 6.92 Å². The van der Waals surface area contributed by atoms with E-state index >= 15 is 0 Å². The van der Waals surface area contributed by atoms with Crippen LogP contribution in [-0.2, 0) is 50.0 Å². The highest BCUT2D eigenvalue weighted by atomic mass is 16.5. The van der Waals surface area contributed by atoms with Crippen molar-refractivity contribution in [3.05, 3.63) is 99.1 Å². The molecule has 0 aliphatic carbocycles. The first-order chi connectivity index (χ1) is 15.7. The molecule has 3 heteroatoms. The van der Waals surface area contributed by atoms with E-state index in [1.54, 1.807) is 0 Å². The molecule has 0 amide bonds. The third-order valence-electron chi connectivity index (χ3n) is 7.56. The summed E-state index contributed by atoms with van der Waals surface area (Å²) >= 11 is 0. The lowest BCUT2D eigenvalue weighted by molar-refractivity contribution is 0.0290. The van der Waals surface area contributed by atoms with E-state index < -0.39 is 0 Å². The van der Waals surface area contributed by atoms with Gasteiger partial charge in [0.2, 0.25) is 0 Å². The Bertz CT molecular complexity index is 1150. The Morgan fingerprint density at radius 3 is 2.72 bits per heavy atom. The third-order valence-corrected chi connectivity index (χ3v) is 7.56. The van der Waals surface area contributed by atoms with Crippen LogP contribution in [0.25, 0.3) is 0 Å². The smallest absolute Gasteiger partial charge is 0.0723 e. The van der Waals surface area contributed by atoms with Crippen molar-refractivity contribution >= 4 is 5.69 Å². The van der Waals surface area contributed by atoms with Crippen LogP contribution < -0.4 is 10.6 Å². The third kappa shape index (κ3) is 3.96. The molecule has 2 atom stereocenters. The van der Waals surface area contributed by atoms with E-state index in [1.165, 1.54) is 50.2 Å². The van der Waals surface area contributed by atoms with Crippen molar-refractivity contribution in [3.63, 3.8) is 0 Å². The van der Waals surface area contributed by atoms with Crippen molar-refractivity contribution in [2.45, 2.75) is 64.3 Å². The van der Waals surface area contributed by atoms with Gasteiger partial charge in [-0.1, -0.05) is 48.5 Å². The number of benzene rings is 3. The molecule has 0 aromatic heterocycles. The van der Waals surface area contributed by atoms with Gasteiger partial charge in [0.15, 0.2) is 0 Å². The fraction of sp³-hybridized carbons (Fsp3) is 0.379. The highest BCUT2D eigenvalue weighted by Crippen LogP contribution is 2.28. The summed E-state index contributed by atoms with van der Waals surface area (Å²) in [5, 5.41) is 7.23. The fourth-order valence-corrected chi connectivity index (χ4v) is 5.75. The van der Waals surface area contributed by atoms with Crippen LogP contribution >= 0.6 is 0 Å². The van der Waals surface area contributed by atoms with Gasteiger partial charge < -0.3 is 15.4 Å². The summed E-state index contributed by atoms with van der Waals surface area (Å²) in [6.07, 6.45) is 5.63. The van der Waals surface area contributed by atoms with E-state index in [0.717, 1.165) is 51.8 Å². The lowest BCUT2D eigenvalue weighted by Gasteiger charge is -2.29. The van der Waals surface area contributed by atoms with E-state index in [-0.39, 0.29) is 6.10 Å². The molecule has 0 fully saturated rings. The monoisotopic (exact) mass is 424 g/mol. The van der Waals surface area contributed by atoms with E-state index in [4.69, 9.17) is 4.74 Å². The van der Waals surface area contributed by atoms with Gasteiger partial charge in [-0.3, -0.25) is 0 Å². The first-order valence-corrected chi connectivity index (χ1v) is 12.1. The zero-order chi connectivity index (χ0) is 21.5. The topological polar surface area (TPSA) is 33.3 Å². The average molecular weight is 425 g/mol. The maximum atomic E-state index is 6.24. The normalized spacial score (nSPS) is 21.4. The van der Waals surface area contributed by atoms with Crippen molar-refractivity contribution in [2.75, 3.05) is 11.9 Å². The maximum absolute atomic E-state index is 6.24. The second-order valence-corrected chi connectivity index (χ2v) is 9.81. The van der Waals surface area contributed by atoms with Crippen LogP contribution in [0.2, 0.25) is 0 Å². The number of ether oxygens (including phenoxy) is 1. The molecule has 0 saturated carbocycles. The Hall–Kier alpha value is -2.62. The molecular formula is C29H32N2O. The molecule has 2 N–H and O–H groups in total. The summed E-state index contributed by atoms with van der Waals surface area (Å²) < 4.78 is 6.24. The number of fused-ring (bicyclic) bond motifs is 3. The van der Waals surface area contributed by atoms with E-state index in [1.807, 2.05) is 0 Å². The quantitative estimate of drug-likeness (QED) is 0.625. The molecule has 3 heterocycles. The highest BCUT2D eigenvalue weighted by molar-refractivity contribution is 5.56. The molecular weight excluding hydrogens is 392 g/mol. The van der Waals surface area contributed by atoms with Gasteiger partial charge in [-0.2, -0.15) is 0 Å². The van der Waals surface area contributed by atoms with Crippen LogP contribution in [0.15, 0.2) is 54.6 Å². The van der Waals surface area contributed by atoms with Gasteiger partial charge in [-0.05, 0) is 89.6 Å². The van der Waals surface area contributed by atoms with Crippen LogP contribution in [0.4, 0.5) is 5.69 Å². The van der Waals surface area contributed by atoms with Crippen molar-refractivity contribution < 1.29 is 4.74 Å². The second kappa shape index (κ2) is 8.38. The van der Waals surface area contributed by atoms with E-state index in [0.29, 0.717) is 6.04 Å². The lowest BCUT2D eigenvalue weighted by atomic mass is 9.88. The first kappa shape index (κ1) is 20.0. The standard InChI is InChI=1S/C29H32N2O/c1-19-3-2-4-22-15-26(31-17-28(19)22)13-20-5-7-24-18-32-27(16-25(24)12-20)14-21-6-8-29-23(11-21)9-10-30-29/h2-8,11-12,26-27,30-31H,9-10,13-18H2,1H3. The highest BCUT2D eigenvalue weighted by Gasteiger charge is 2.23. The number of aryl methyl sites for hydroxylation is 1. The Balaban J connectivity index is 1.13. The van der Waals surface area contributed by atoms with E-state index in [2.05, 4.69) is 72.2 Å². The predicted molar refractivity (Wildman–Crippen MR) is 130 cm³/mol. The van der Waals surface area contributed by atoms with Crippen LogP contribution in [0.3, 0.4) is 0 Å². The van der Waals surface area contributed by atoms with Gasteiger partial charge in [-0.25, -0.2) is 0 Å². The molecule has 0 bridgehead atoms. The lowest BCUT2D eigenvalue weighted by Crippen LogP contribution is -2.37. The minimum absolute atomic E-state index is 0.271. The summed E-state index contributed by atoms with van der Waals surface area (Å²) in [4.78, 5) is 0. The van der Waals surface area contributed by atoms with Crippen LogP contribution in [-0.4, -0.2) is 18.7 Å². The maximum Gasteiger partial charge on any atom is 0.0723 e. The molecule has 0 radical (unpaired) electrons. The Labute approximate surface area is 191 Å². The summed E-state index contributed by atoms with van der Waals surface area (Å²) in [5.41, 5.74) is 12.9. The SMILES string of the molecule is Cc1cccc2c1CNC(Cc1ccc3c(c1)CC(Cc1ccc4c(c1)CCN4)OC3)C2.